The van der Waals surface area contributed by atoms with Gasteiger partial charge in [0.15, 0.2) is 0 Å². The summed E-state index contributed by atoms with van der Waals surface area (Å²) in [7, 11) is 1.87. The summed E-state index contributed by atoms with van der Waals surface area (Å²) in [6, 6.07) is 16.3. The van der Waals surface area contributed by atoms with Crippen LogP contribution >= 0.6 is 0 Å². The number of fused-ring (bicyclic) bond motifs is 1. The average molecular weight is 425 g/mol. The number of nitrogens with zero attached hydrogens (tertiary/aromatic N) is 1. The van der Waals surface area contributed by atoms with E-state index in [0.29, 0.717) is 11.1 Å². The van der Waals surface area contributed by atoms with E-state index in [4.69, 9.17) is 4.74 Å². The molecule has 2 aromatic carbocycles. The number of aromatic nitrogens is 1. The van der Waals surface area contributed by atoms with E-state index in [0.717, 1.165) is 10.9 Å². The van der Waals surface area contributed by atoms with Crippen LogP contribution < -0.4 is 10.6 Å². The van der Waals surface area contributed by atoms with Gasteiger partial charge in [-0.1, -0.05) is 36.4 Å². The number of benzene rings is 2. The molecule has 0 unspecified atom stereocenters. The number of para-hydroxylation sites is 1. The molecule has 8 nitrogen and oxygen atoms in total. The molecular formula is C23H27N3O5. The lowest BCUT2D eigenvalue weighted by Gasteiger charge is -2.19. The van der Waals surface area contributed by atoms with Crippen LogP contribution in [0.5, 0.6) is 0 Å². The van der Waals surface area contributed by atoms with E-state index in [1.807, 2.05) is 41.9 Å². The number of amides is 2. The predicted molar refractivity (Wildman–Crippen MR) is 117 cm³/mol. The Morgan fingerprint density at radius 2 is 1.68 bits per heavy atom. The average Bonchev–Trinajstić information content (AvgIpc) is 3.14. The summed E-state index contributed by atoms with van der Waals surface area (Å²) in [5.74, 6) is -0.560. The van der Waals surface area contributed by atoms with Crippen molar-refractivity contribution in [3.05, 3.63) is 71.9 Å². The molecule has 0 aliphatic rings. The van der Waals surface area contributed by atoms with Crippen molar-refractivity contribution in [3.63, 3.8) is 0 Å². The third-order valence-electron chi connectivity index (χ3n) is 4.89. The Morgan fingerprint density at radius 1 is 1.00 bits per heavy atom. The summed E-state index contributed by atoms with van der Waals surface area (Å²) in [5.41, 5.74) is 1.99. The second-order valence-electron chi connectivity index (χ2n) is 7.25. The monoisotopic (exact) mass is 425 g/mol. The lowest BCUT2D eigenvalue weighted by molar-refractivity contribution is -0.0290. The summed E-state index contributed by atoms with van der Waals surface area (Å²) in [5, 5.41) is 25.8. The molecule has 0 fully saturated rings. The van der Waals surface area contributed by atoms with Crippen LogP contribution in [0.25, 0.3) is 10.9 Å². The maximum atomic E-state index is 12.6. The van der Waals surface area contributed by atoms with Gasteiger partial charge in [0.1, 0.15) is 0 Å². The van der Waals surface area contributed by atoms with Crippen molar-refractivity contribution >= 4 is 22.7 Å². The van der Waals surface area contributed by atoms with Gasteiger partial charge in [-0.2, -0.15) is 0 Å². The first-order valence-corrected chi connectivity index (χ1v) is 10.1. The maximum Gasteiger partial charge on any atom is 0.253 e. The van der Waals surface area contributed by atoms with Gasteiger partial charge in [0.2, 0.25) is 0 Å². The number of hydrogen-bond acceptors (Lipinski definition) is 5. The number of nitrogens with one attached hydrogen (secondary N) is 2. The molecule has 0 spiro atoms. The molecule has 1 aromatic heterocycles. The van der Waals surface area contributed by atoms with E-state index in [1.54, 1.807) is 30.5 Å². The number of carbonyl (C=O) groups is 2. The van der Waals surface area contributed by atoms with E-state index in [2.05, 4.69) is 10.6 Å². The van der Waals surface area contributed by atoms with Crippen LogP contribution in [0.1, 0.15) is 20.7 Å². The zero-order valence-corrected chi connectivity index (χ0v) is 17.3. The first kappa shape index (κ1) is 22.5. The highest BCUT2D eigenvalue weighted by Crippen LogP contribution is 2.20. The fraction of sp³-hybridized carbons (Fsp3) is 0.304. The van der Waals surface area contributed by atoms with Gasteiger partial charge in [-0.3, -0.25) is 9.59 Å². The van der Waals surface area contributed by atoms with Gasteiger partial charge in [-0.25, -0.2) is 0 Å². The molecule has 0 radical (unpaired) electrons. The van der Waals surface area contributed by atoms with Gasteiger partial charge in [-0.15, -0.1) is 0 Å². The molecule has 3 aromatic rings. The standard InChI is InChI=1S/C23H27N3O5/c1-26-13-20(19-9-5-6-10-21(19)26)23(30)25-12-18(14-27)31-15-17(28)11-24-22(29)16-7-3-2-4-8-16/h2-10,13,17-18,27-28H,11-12,14-15H2,1H3,(H,24,29)(H,25,30)/t17-,18+/m0/s1. The minimum Gasteiger partial charge on any atom is -0.394 e. The number of hydrogen-bond donors (Lipinski definition) is 4. The van der Waals surface area contributed by atoms with Crippen LogP contribution in [0.3, 0.4) is 0 Å². The summed E-state index contributed by atoms with van der Waals surface area (Å²) in [6.07, 6.45) is 0.127. The van der Waals surface area contributed by atoms with E-state index in [-0.39, 0.29) is 38.1 Å². The molecule has 31 heavy (non-hydrogen) atoms. The van der Waals surface area contributed by atoms with E-state index in [9.17, 15) is 19.8 Å². The molecule has 0 aliphatic carbocycles. The Hall–Kier alpha value is -3.20. The van der Waals surface area contributed by atoms with Crippen molar-refractivity contribution in [2.24, 2.45) is 7.05 Å². The van der Waals surface area contributed by atoms with Gasteiger partial charge in [0.25, 0.3) is 11.8 Å². The fourth-order valence-electron chi connectivity index (χ4n) is 3.21. The molecule has 2 amide bonds. The van der Waals surface area contributed by atoms with Gasteiger partial charge < -0.3 is 30.2 Å². The summed E-state index contributed by atoms with van der Waals surface area (Å²) < 4.78 is 7.38. The third kappa shape index (κ3) is 5.91. The highest BCUT2D eigenvalue weighted by Gasteiger charge is 2.17. The third-order valence-corrected chi connectivity index (χ3v) is 4.89. The lowest BCUT2D eigenvalue weighted by atomic mass is 10.1. The van der Waals surface area contributed by atoms with Crippen molar-refractivity contribution in [1.29, 1.82) is 0 Å². The number of ether oxygens (including phenoxy) is 1. The molecular weight excluding hydrogens is 398 g/mol. The van der Waals surface area contributed by atoms with Gasteiger partial charge in [-0.05, 0) is 18.2 Å². The zero-order valence-electron chi connectivity index (χ0n) is 17.3. The second kappa shape index (κ2) is 10.7. The largest absolute Gasteiger partial charge is 0.394 e. The molecule has 0 aliphatic heterocycles. The van der Waals surface area contributed by atoms with Gasteiger partial charge in [0.05, 0.1) is 31.0 Å². The predicted octanol–water partition coefficient (Wildman–Crippen LogP) is 1.08. The quantitative estimate of drug-likeness (QED) is 0.388. The van der Waals surface area contributed by atoms with Crippen molar-refractivity contribution in [2.45, 2.75) is 12.2 Å². The zero-order chi connectivity index (χ0) is 22.2. The highest BCUT2D eigenvalue weighted by atomic mass is 16.5. The Bertz CT molecular complexity index is 1020. The second-order valence-corrected chi connectivity index (χ2v) is 7.25. The molecule has 4 N–H and O–H groups in total. The Morgan fingerprint density at radius 3 is 2.42 bits per heavy atom. The number of aliphatic hydroxyl groups excluding tert-OH is 2. The smallest absolute Gasteiger partial charge is 0.253 e. The minimum absolute atomic E-state index is 0.00817. The first-order chi connectivity index (χ1) is 15.0. The number of aryl methyl sites for hydroxylation is 1. The van der Waals surface area contributed by atoms with E-state index in [1.165, 1.54) is 0 Å². The molecule has 2 atom stereocenters. The highest BCUT2D eigenvalue weighted by molar-refractivity contribution is 6.07. The van der Waals surface area contributed by atoms with Gasteiger partial charge in [0, 0.05) is 42.8 Å². The topological polar surface area (TPSA) is 113 Å². The van der Waals surface area contributed by atoms with Crippen LogP contribution in [-0.2, 0) is 11.8 Å². The van der Waals surface area contributed by atoms with Gasteiger partial charge >= 0.3 is 0 Å². The van der Waals surface area contributed by atoms with Crippen molar-refractivity contribution in [2.75, 3.05) is 26.3 Å². The van der Waals surface area contributed by atoms with E-state index >= 15 is 0 Å². The van der Waals surface area contributed by atoms with Crippen molar-refractivity contribution in [3.8, 4) is 0 Å². The number of aliphatic hydroxyl groups is 2. The Kier molecular flexibility index (Phi) is 7.77. The normalized spacial score (nSPS) is 13.0. The summed E-state index contributed by atoms with van der Waals surface area (Å²) >= 11 is 0. The molecule has 8 heteroatoms. The van der Waals surface area contributed by atoms with Crippen LogP contribution in [0.2, 0.25) is 0 Å². The maximum absolute atomic E-state index is 12.6. The van der Waals surface area contributed by atoms with E-state index < -0.39 is 12.2 Å². The van der Waals surface area contributed by atoms with Crippen LogP contribution in [0, 0.1) is 0 Å². The summed E-state index contributed by atoms with van der Waals surface area (Å²) in [4.78, 5) is 24.6. The molecule has 164 valence electrons. The molecule has 0 saturated carbocycles. The number of carbonyl (C=O) groups excluding carboxylic acids is 2. The molecule has 0 bridgehead atoms. The molecule has 0 saturated heterocycles. The fourth-order valence-corrected chi connectivity index (χ4v) is 3.21. The number of rotatable bonds is 10. The summed E-state index contributed by atoms with van der Waals surface area (Å²) in [6.45, 7) is -0.320. The lowest BCUT2D eigenvalue weighted by Crippen LogP contribution is -2.39. The Labute approximate surface area is 180 Å². The molecule has 3 rings (SSSR count). The SMILES string of the molecule is Cn1cc(C(=O)NC[C@H](CO)OC[C@@H](O)CNC(=O)c2ccccc2)c2ccccc21. The first-order valence-electron chi connectivity index (χ1n) is 10.1. The van der Waals surface area contributed by atoms with Crippen LogP contribution in [-0.4, -0.2) is 65.1 Å². The van der Waals surface area contributed by atoms with Crippen molar-refractivity contribution in [1.82, 2.24) is 15.2 Å². The van der Waals surface area contributed by atoms with Crippen LogP contribution in [0.4, 0.5) is 0 Å². The minimum atomic E-state index is -0.949. The Balaban J connectivity index is 1.44. The van der Waals surface area contributed by atoms with Crippen LogP contribution in [0.15, 0.2) is 60.8 Å². The van der Waals surface area contributed by atoms with Crippen molar-refractivity contribution < 1.29 is 24.5 Å². The molecule has 1 heterocycles.